The van der Waals surface area contributed by atoms with Gasteiger partial charge < -0.3 is 10.2 Å². The van der Waals surface area contributed by atoms with E-state index >= 15 is 0 Å². The molecule has 1 aromatic carbocycles. The number of carbonyl (C=O) groups is 1. The molecule has 0 radical (unpaired) electrons. The molecule has 1 unspecified atom stereocenters. The van der Waals surface area contributed by atoms with Gasteiger partial charge in [-0.3, -0.25) is 4.79 Å². The number of nitrogens with zero attached hydrogens (tertiary/aromatic N) is 1. The molecule has 2 heterocycles. The molecular weight excluding hydrogens is 367 g/mol. The highest BCUT2D eigenvalue weighted by molar-refractivity contribution is 14.1. The van der Waals surface area contributed by atoms with Gasteiger partial charge in [0.05, 0.1) is 22.9 Å². The maximum Gasteiger partial charge on any atom is 0.248 e. The highest BCUT2D eigenvalue weighted by Gasteiger charge is 2.39. The molecule has 1 aromatic rings. The highest BCUT2D eigenvalue weighted by atomic mass is 127. The van der Waals surface area contributed by atoms with Crippen molar-refractivity contribution in [3.63, 3.8) is 0 Å². The summed E-state index contributed by atoms with van der Waals surface area (Å²) in [5, 5.41) is 2.79. The Kier molecular flexibility index (Phi) is 2.77. The molecule has 1 fully saturated rings. The van der Waals surface area contributed by atoms with Gasteiger partial charge in [-0.05, 0) is 40.8 Å². The average Bonchev–Trinajstić information content (AvgIpc) is 2.28. The fraction of sp³-hybridized carbons (Fsp3) is 0.364. The Morgan fingerprint density at radius 2 is 2.17 bits per heavy atom. The molecule has 0 aliphatic carbocycles. The molecule has 1 saturated heterocycles. The van der Waals surface area contributed by atoms with Crippen LogP contribution in [0.25, 0.3) is 0 Å². The number of fused-ring (bicyclic) bond motifs is 3. The molecule has 5 nitrogen and oxygen atoms in total. The van der Waals surface area contributed by atoms with Crippen LogP contribution in [0.15, 0.2) is 18.2 Å². The van der Waals surface area contributed by atoms with Crippen molar-refractivity contribution >= 4 is 49.7 Å². The average molecular weight is 378 g/mol. The SMILES string of the molecule is O=C1Nc2cc(I)ccc2N2CCS(=O)(=O)CC12. The van der Waals surface area contributed by atoms with Crippen LogP contribution in [-0.2, 0) is 14.6 Å². The molecule has 96 valence electrons. The van der Waals surface area contributed by atoms with Gasteiger partial charge in [0.25, 0.3) is 0 Å². The zero-order valence-electron chi connectivity index (χ0n) is 9.39. The topological polar surface area (TPSA) is 66.5 Å². The summed E-state index contributed by atoms with van der Waals surface area (Å²) in [5.74, 6) is -0.209. The van der Waals surface area contributed by atoms with E-state index < -0.39 is 15.9 Å². The number of hydrogen-bond acceptors (Lipinski definition) is 4. The fourth-order valence-corrected chi connectivity index (χ4v) is 4.33. The number of carbonyl (C=O) groups excluding carboxylic acids is 1. The number of halogens is 1. The second kappa shape index (κ2) is 4.09. The van der Waals surface area contributed by atoms with Crippen LogP contribution in [0, 0.1) is 3.57 Å². The summed E-state index contributed by atoms with van der Waals surface area (Å²) in [6.07, 6.45) is 0. The quantitative estimate of drug-likeness (QED) is 0.680. The van der Waals surface area contributed by atoms with Crippen molar-refractivity contribution in [2.45, 2.75) is 6.04 Å². The van der Waals surface area contributed by atoms with Gasteiger partial charge in [0, 0.05) is 10.1 Å². The number of sulfone groups is 1. The summed E-state index contributed by atoms with van der Waals surface area (Å²) in [5.41, 5.74) is 1.68. The summed E-state index contributed by atoms with van der Waals surface area (Å²) < 4.78 is 24.3. The molecule has 1 atom stereocenters. The Morgan fingerprint density at radius 1 is 1.39 bits per heavy atom. The van der Waals surface area contributed by atoms with Crippen molar-refractivity contribution in [2.24, 2.45) is 0 Å². The van der Waals surface area contributed by atoms with E-state index in [1.165, 1.54) is 0 Å². The third-order valence-electron chi connectivity index (χ3n) is 3.26. The molecule has 2 aliphatic heterocycles. The molecular formula is C11H11IN2O3S. The van der Waals surface area contributed by atoms with Crippen LogP contribution in [0.5, 0.6) is 0 Å². The van der Waals surface area contributed by atoms with Crippen molar-refractivity contribution in [1.82, 2.24) is 0 Å². The van der Waals surface area contributed by atoms with Gasteiger partial charge in [0.2, 0.25) is 5.91 Å². The van der Waals surface area contributed by atoms with E-state index in [1.807, 2.05) is 23.1 Å². The minimum Gasteiger partial charge on any atom is -0.356 e. The Balaban J connectivity index is 2.06. The maximum absolute atomic E-state index is 12.0. The van der Waals surface area contributed by atoms with Gasteiger partial charge in [0.1, 0.15) is 6.04 Å². The van der Waals surface area contributed by atoms with E-state index in [9.17, 15) is 13.2 Å². The van der Waals surface area contributed by atoms with E-state index in [4.69, 9.17) is 0 Å². The number of hydrogen-bond donors (Lipinski definition) is 1. The van der Waals surface area contributed by atoms with Crippen LogP contribution in [0.3, 0.4) is 0 Å². The van der Waals surface area contributed by atoms with Crippen molar-refractivity contribution in [3.8, 4) is 0 Å². The lowest BCUT2D eigenvalue weighted by Crippen LogP contribution is -2.56. The molecule has 0 saturated carbocycles. The molecule has 7 heteroatoms. The summed E-state index contributed by atoms with van der Waals surface area (Å²) in [4.78, 5) is 13.9. The number of rotatable bonds is 0. The van der Waals surface area contributed by atoms with Crippen LogP contribution in [0.1, 0.15) is 0 Å². The second-order valence-corrected chi connectivity index (χ2v) is 7.95. The molecule has 3 rings (SSSR count). The monoisotopic (exact) mass is 378 g/mol. The van der Waals surface area contributed by atoms with Gasteiger partial charge in [-0.15, -0.1) is 0 Å². The first kappa shape index (κ1) is 12.2. The zero-order valence-corrected chi connectivity index (χ0v) is 12.4. The van der Waals surface area contributed by atoms with Crippen LogP contribution in [0.2, 0.25) is 0 Å². The van der Waals surface area contributed by atoms with Gasteiger partial charge in [-0.2, -0.15) is 0 Å². The zero-order chi connectivity index (χ0) is 12.9. The summed E-state index contributed by atoms with van der Waals surface area (Å²) in [6, 6.07) is 5.20. The maximum atomic E-state index is 12.0. The standard InChI is InChI=1S/C11H11IN2O3S/c12-7-1-2-9-8(5-7)13-11(15)10-6-18(16,17)4-3-14(9)10/h1-2,5,10H,3-4,6H2,(H,13,15). The smallest absolute Gasteiger partial charge is 0.248 e. The Labute approximate surface area is 119 Å². The van der Waals surface area contributed by atoms with Gasteiger partial charge in [-0.25, -0.2) is 8.42 Å². The third kappa shape index (κ3) is 1.99. The predicted octanol–water partition coefficient (Wildman–Crippen LogP) is 0.847. The van der Waals surface area contributed by atoms with E-state index in [0.29, 0.717) is 6.54 Å². The third-order valence-corrected chi connectivity index (χ3v) is 5.56. The Hall–Kier alpha value is -0.830. The number of amides is 1. The van der Waals surface area contributed by atoms with Gasteiger partial charge in [0.15, 0.2) is 9.84 Å². The lowest BCUT2D eigenvalue weighted by atomic mass is 10.1. The van der Waals surface area contributed by atoms with Gasteiger partial charge in [-0.1, -0.05) is 0 Å². The van der Waals surface area contributed by atoms with E-state index in [2.05, 4.69) is 27.9 Å². The van der Waals surface area contributed by atoms with Crippen LogP contribution in [0.4, 0.5) is 11.4 Å². The molecule has 1 amide bonds. The summed E-state index contributed by atoms with van der Waals surface area (Å²) >= 11 is 2.18. The Morgan fingerprint density at radius 3 is 2.94 bits per heavy atom. The highest BCUT2D eigenvalue weighted by Crippen LogP contribution is 2.35. The molecule has 0 spiro atoms. The van der Waals surface area contributed by atoms with Crippen LogP contribution >= 0.6 is 22.6 Å². The Bertz CT molecular complexity index is 629. The van der Waals surface area contributed by atoms with E-state index in [1.54, 1.807) is 0 Å². The largest absolute Gasteiger partial charge is 0.356 e. The number of anilines is 2. The number of benzene rings is 1. The van der Waals surface area contributed by atoms with E-state index in [0.717, 1.165) is 14.9 Å². The van der Waals surface area contributed by atoms with Crippen LogP contribution in [-0.4, -0.2) is 38.4 Å². The molecule has 0 aromatic heterocycles. The summed E-state index contributed by atoms with van der Waals surface area (Å²) in [7, 11) is -3.10. The fourth-order valence-electron chi connectivity index (χ4n) is 2.39. The first-order valence-electron chi connectivity index (χ1n) is 5.54. The van der Waals surface area contributed by atoms with Crippen LogP contribution < -0.4 is 10.2 Å². The first-order chi connectivity index (χ1) is 8.46. The minimum atomic E-state index is -3.10. The normalized spacial score (nSPS) is 25.1. The number of nitrogens with one attached hydrogen (secondary N) is 1. The second-order valence-electron chi connectivity index (χ2n) is 4.47. The lowest BCUT2D eigenvalue weighted by Gasteiger charge is -2.40. The van der Waals surface area contributed by atoms with E-state index in [-0.39, 0.29) is 17.4 Å². The van der Waals surface area contributed by atoms with Gasteiger partial charge >= 0.3 is 0 Å². The molecule has 2 aliphatic rings. The first-order valence-corrected chi connectivity index (χ1v) is 8.44. The van der Waals surface area contributed by atoms with Crippen molar-refractivity contribution < 1.29 is 13.2 Å². The van der Waals surface area contributed by atoms with Crippen molar-refractivity contribution in [1.29, 1.82) is 0 Å². The van der Waals surface area contributed by atoms with Crippen molar-refractivity contribution in [2.75, 3.05) is 28.3 Å². The lowest BCUT2D eigenvalue weighted by molar-refractivity contribution is -0.117. The molecule has 0 bridgehead atoms. The molecule has 18 heavy (non-hydrogen) atoms. The van der Waals surface area contributed by atoms with Crippen molar-refractivity contribution in [3.05, 3.63) is 21.8 Å². The predicted molar refractivity (Wildman–Crippen MR) is 77.6 cm³/mol. The molecule has 1 N–H and O–H groups in total. The minimum absolute atomic E-state index is 0.0930. The summed E-state index contributed by atoms with van der Waals surface area (Å²) in [6.45, 7) is 0.383.